The number of anilines is 1. The van der Waals surface area contributed by atoms with Gasteiger partial charge in [0, 0.05) is 36.6 Å². The third-order valence-electron chi connectivity index (χ3n) is 4.92. The molecule has 30 heavy (non-hydrogen) atoms. The van der Waals surface area contributed by atoms with Crippen LogP contribution in [0.4, 0.5) is 5.13 Å². The van der Waals surface area contributed by atoms with Crippen LogP contribution in [0.25, 0.3) is 0 Å². The third-order valence-corrected chi connectivity index (χ3v) is 7.40. The number of nitrogens with zero attached hydrogens (tertiary/aromatic N) is 2. The molecule has 1 saturated heterocycles. The highest BCUT2D eigenvalue weighted by Crippen LogP contribution is 2.24. The minimum atomic E-state index is -3.58. The van der Waals surface area contributed by atoms with Gasteiger partial charge in [0.05, 0.1) is 10.6 Å². The van der Waals surface area contributed by atoms with E-state index in [0.29, 0.717) is 22.5 Å². The molecule has 0 spiro atoms. The van der Waals surface area contributed by atoms with Crippen LogP contribution in [0.3, 0.4) is 0 Å². The zero-order chi connectivity index (χ0) is 21.9. The quantitative estimate of drug-likeness (QED) is 0.673. The molecule has 2 unspecified atom stereocenters. The summed E-state index contributed by atoms with van der Waals surface area (Å²) in [7, 11) is -3.58. The fourth-order valence-corrected chi connectivity index (χ4v) is 5.87. The normalized spacial score (nSPS) is 20.4. The van der Waals surface area contributed by atoms with Gasteiger partial charge in [0.15, 0.2) is 5.13 Å². The summed E-state index contributed by atoms with van der Waals surface area (Å²) >= 11 is 1.40. The van der Waals surface area contributed by atoms with Crippen LogP contribution in [0, 0.1) is 11.8 Å². The van der Waals surface area contributed by atoms with Crippen molar-refractivity contribution in [3.8, 4) is 0 Å². The average Bonchev–Trinajstić information content (AvgIpc) is 3.06. The van der Waals surface area contributed by atoms with Crippen LogP contribution in [0.15, 0.2) is 34.5 Å². The first-order chi connectivity index (χ1) is 14.1. The molecule has 0 bridgehead atoms. The molecule has 1 amide bonds. The Bertz CT molecular complexity index is 960. The fourth-order valence-electron chi connectivity index (χ4n) is 3.92. The molecule has 1 aliphatic rings. The summed E-state index contributed by atoms with van der Waals surface area (Å²) < 4.78 is 26.9. The SMILES string of the molecule is CC1CC(C)CN(Cc2csc(NC(=O)c3ccc(S(=O)(=O)NC(C)C)cc3)n2)C1. The van der Waals surface area contributed by atoms with Crippen molar-refractivity contribution in [1.29, 1.82) is 0 Å². The molecule has 0 saturated carbocycles. The molecular weight excluding hydrogens is 420 g/mol. The Morgan fingerprint density at radius 3 is 2.43 bits per heavy atom. The lowest BCUT2D eigenvalue weighted by Crippen LogP contribution is -2.38. The van der Waals surface area contributed by atoms with Crippen LogP contribution in [0.2, 0.25) is 0 Å². The second-order valence-corrected chi connectivity index (χ2v) is 11.1. The van der Waals surface area contributed by atoms with Crippen LogP contribution in [0.5, 0.6) is 0 Å². The maximum Gasteiger partial charge on any atom is 0.257 e. The molecular formula is C21H30N4O3S2. The van der Waals surface area contributed by atoms with Gasteiger partial charge in [-0.2, -0.15) is 0 Å². The van der Waals surface area contributed by atoms with Gasteiger partial charge in [-0.25, -0.2) is 18.1 Å². The average molecular weight is 451 g/mol. The van der Waals surface area contributed by atoms with Crippen LogP contribution in [0.1, 0.15) is 50.2 Å². The van der Waals surface area contributed by atoms with Crippen molar-refractivity contribution in [1.82, 2.24) is 14.6 Å². The van der Waals surface area contributed by atoms with E-state index >= 15 is 0 Å². The topological polar surface area (TPSA) is 91.4 Å². The maximum absolute atomic E-state index is 12.5. The third kappa shape index (κ3) is 6.10. The van der Waals surface area contributed by atoms with Gasteiger partial charge < -0.3 is 0 Å². The molecule has 9 heteroatoms. The zero-order valence-corrected chi connectivity index (χ0v) is 19.5. The zero-order valence-electron chi connectivity index (χ0n) is 17.9. The standard InChI is InChI=1S/C21H30N4O3S2/c1-14(2)24-30(27,28)19-7-5-17(6-8-19)20(26)23-21-22-18(13-29-21)12-25-10-15(3)9-16(4)11-25/h5-8,13-16,24H,9-12H2,1-4H3,(H,22,23,26). The smallest absolute Gasteiger partial charge is 0.257 e. The lowest BCUT2D eigenvalue weighted by molar-refractivity contribution is 0.102. The number of rotatable bonds is 7. The molecule has 0 aliphatic carbocycles. The summed E-state index contributed by atoms with van der Waals surface area (Å²) in [5.74, 6) is 1.07. The van der Waals surface area contributed by atoms with Gasteiger partial charge in [0.25, 0.3) is 5.91 Å². The van der Waals surface area contributed by atoms with Crippen molar-refractivity contribution >= 4 is 32.4 Å². The second-order valence-electron chi connectivity index (χ2n) is 8.54. The Morgan fingerprint density at radius 2 is 1.83 bits per heavy atom. The summed E-state index contributed by atoms with van der Waals surface area (Å²) in [5, 5.41) is 5.34. The minimum Gasteiger partial charge on any atom is -0.298 e. The summed E-state index contributed by atoms with van der Waals surface area (Å²) in [6.45, 7) is 11.0. The number of thiazole rings is 1. The van der Waals surface area contributed by atoms with Crippen LogP contribution in [-0.2, 0) is 16.6 Å². The molecule has 2 aromatic rings. The van der Waals surface area contributed by atoms with Crippen molar-refractivity contribution in [2.75, 3.05) is 18.4 Å². The Hall–Kier alpha value is -1.81. The maximum atomic E-state index is 12.5. The van der Waals surface area contributed by atoms with Gasteiger partial charge in [0.1, 0.15) is 0 Å². The molecule has 164 valence electrons. The predicted octanol–water partition coefficient (Wildman–Crippen LogP) is 3.56. The van der Waals surface area contributed by atoms with E-state index in [1.165, 1.54) is 42.0 Å². The number of nitrogens with one attached hydrogen (secondary N) is 2. The van der Waals surface area contributed by atoms with Gasteiger partial charge in [-0.3, -0.25) is 15.0 Å². The van der Waals surface area contributed by atoms with Gasteiger partial charge in [-0.05, 0) is 56.4 Å². The highest BCUT2D eigenvalue weighted by atomic mass is 32.2. The first kappa shape index (κ1) is 22.9. The number of amides is 1. The van der Waals surface area contributed by atoms with E-state index in [4.69, 9.17) is 0 Å². The van der Waals surface area contributed by atoms with E-state index in [9.17, 15) is 13.2 Å². The monoisotopic (exact) mass is 450 g/mol. The molecule has 1 aromatic carbocycles. The fraction of sp³-hybridized carbons (Fsp3) is 0.524. The molecule has 1 fully saturated rings. The number of carbonyl (C=O) groups excluding carboxylic acids is 1. The number of hydrogen-bond donors (Lipinski definition) is 2. The molecule has 2 atom stereocenters. The van der Waals surface area contributed by atoms with E-state index < -0.39 is 10.0 Å². The Balaban J connectivity index is 1.60. The Morgan fingerprint density at radius 1 is 1.20 bits per heavy atom. The van der Waals surface area contributed by atoms with E-state index in [0.717, 1.165) is 25.3 Å². The highest BCUT2D eigenvalue weighted by Gasteiger charge is 2.22. The van der Waals surface area contributed by atoms with Crippen molar-refractivity contribution in [3.63, 3.8) is 0 Å². The molecule has 3 rings (SSSR count). The molecule has 0 radical (unpaired) electrons. The van der Waals surface area contributed by atoms with Crippen molar-refractivity contribution < 1.29 is 13.2 Å². The number of benzene rings is 1. The van der Waals surface area contributed by atoms with E-state index in [2.05, 4.69) is 33.8 Å². The molecule has 2 N–H and O–H groups in total. The van der Waals surface area contributed by atoms with Gasteiger partial charge in [0.2, 0.25) is 10.0 Å². The number of likely N-dealkylation sites (tertiary alicyclic amines) is 1. The second kappa shape index (κ2) is 9.55. The lowest BCUT2D eigenvalue weighted by atomic mass is 9.92. The Kier molecular flexibility index (Phi) is 7.28. The first-order valence-electron chi connectivity index (χ1n) is 10.2. The summed E-state index contributed by atoms with van der Waals surface area (Å²) in [4.78, 5) is 19.6. The molecule has 2 heterocycles. The molecule has 7 nitrogen and oxygen atoms in total. The summed E-state index contributed by atoms with van der Waals surface area (Å²) in [5.41, 5.74) is 1.34. The van der Waals surface area contributed by atoms with Gasteiger partial charge >= 0.3 is 0 Å². The van der Waals surface area contributed by atoms with Crippen molar-refractivity contribution in [2.45, 2.75) is 51.6 Å². The van der Waals surface area contributed by atoms with Crippen LogP contribution in [-0.4, -0.2) is 43.3 Å². The number of sulfonamides is 1. The number of carbonyl (C=O) groups is 1. The van der Waals surface area contributed by atoms with Gasteiger partial charge in [-0.1, -0.05) is 13.8 Å². The predicted molar refractivity (Wildman–Crippen MR) is 120 cm³/mol. The number of piperidine rings is 1. The lowest BCUT2D eigenvalue weighted by Gasteiger charge is -2.34. The molecule has 1 aromatic heterocycles. The van der Waals surface area contributed by atoms with E-state index in [1.807, 2.05) is 5.38 Å². The number of hydrogen-bond acceptors (Lipinski definition) is 6. The van der Waals surface area contributed by atoms with Gasteiger partial charge in [-0.15, -0.1) is 11.3 Å². The molecule has 1 aliphatic heterocycles. The van der Waals surface area contributed by atoms with E-state index in [-0.39, 0.29) is 16.8 Å². The minimum absolute atomic E-state index is 0.134. The van der Waals surface area contributed by atoms with Crippen molar-refractivity contribution in [2.24, 2.45) is 11.8 Å². The summed E-state index contributed by atoms with van der Waals surface area (Å²) in [6, 6.07) is 5.69. The first-order valence-corrected chi connectivity index (χ1v) is 12.6. The highest BCUT2D eigenvalue weighted by molar-refractivity contribution is 7.89. The largest absolute Gasteiger partial charge is 0.298 e. The van der Waals surface area contributed by atoms with Crippen LogP contribution < -0.4 is 10.0 Å². The number of aromatic nitrogens is 1. The summed E-state index contributed by atoms with van der Waals surface area (Å²) in [6.07, 6.45) is 1.27. The van der Waals surface area contributed by atoms with E-state index in [1.54, 1.807) is 13.8 Å². The van der Waals surface area contributed by atoms with Crippen LogP contribution >= 0.6 is 11.3 Å². The Labute approximate surface area is 183 Å². The van der Waals surface area contributed by atoms with Crippen molar-refractivity contribution in [3.05, 3.63) is 40.9 Å².